The van der Waals surface area contributed by atoms with E-state index >= 15 is 0 Å². The van der Waals surface area contributed by atoms with Crippen molar-refractivity contribution in [3.8, 4) is 0 Å². The molecule has 0 spiro atoms. The molecule has 0 bridgehead atoms. The van der Waals surface area contributed by atoms with Crippen LogP contribution in [0, 0.1) is 0 Å². The van der Waals surface area contributed by atoms with E-state index in [0.717, 1.165) is 30.5 Å². The van der Waals surface area contributed by atoms with Crippen molar-refractivity contribution in [2.75, 3.05) is 19.6 Å². The van der Waals surface area contributed by atoms with Crippen LogP contribution in [-0.2, 0) is 11.3 Å². The van der Waals surface area contributed by atoms with E-state index < -0.39 is 5.60 Å². The van der Waals surface area contributed by atoms with Crippen LogP contribution in [0.25, 0.3) is 0 Å². The van der Waals surface area contributed by atoms with Gasteiger partial charge in [0.25, 0.3) is 5.91 Å². The summed E-state index contributed by atoms with van der Waals surface area (Å²) in [5.41, 5.74) is 3.84. The number of likely N-dealkylation sites (tertiary alicyclic amines) is 1. The van der Waals surface area contributed by atoms with E-state index in [0.29, 0.717) is 19.6 Å². The van der Waals surface area contributed by atoms with Crippen LogP contribution in [0.1, 0.15) is 56.5 Å². The molecule has 0 saturated carbocycles. The average Bonchev–Trinajstić information content (AvgIpc) is 2.90. The molecule has 0 N–H and O–H groups in total. The summed E-state index contributed by atoms with van der Waals surface area (Å²) in [6.07, 6.45) is 1.65. The number of benzene rings is 1. The highest BCUT2D eigenvalue weighted by Gasteiger charge is 2.29. The third kappa shape index (κ3) is 4.09. The predicted octanol–water partition coefficient (Wildman–Crippen LogP) is 3.99. The highest BCUT2D eigenvalue weighted by Crippen LogP contribution is 2.26. The molecule has 1 fully saturated rings. The molecule has 2 aliphatic rings. The molecule has 3 rings (SSSR count). The van der Waals surface area contributed by atoms with Crippen LogP contribution in [0.5, 0.6) is 0 Å². The van der Waals surface area contributed by atoms with Gasteiger partial charge in [0.1, 0.15) is 5.60 Å². The number of piperidine rings is 1. The molecule has 0 aromatic heterocycles. The normalized spacial score (nSPS) is 19.5. The molecule has 5 heteroatoms. The van der Waals surface area contributed by atoms with E-state index in [1.807, 2.05) is 49.9 Å². The topological polar surface area (TPSA) is 49.9 Å². The Kier molecular flexibility index (Phi) is 5.08. The lowest BCUT2D eigenvalue weighted by atomic mass is 9.99. The van der Waals surface area contributed by atoms with E-state index in [1.54, 1.807) is 4.90 Å². The molecule has 1 saturated heterocycles. The van der Waals surface area contributed by atoms with Gasteiger partial charge in [0.05, 0.1) is 0 Å². The Bertz CT molecular complexity index is 746. The zero-order valence-electron chi connectivity index (χ0n) is 16.2. The van der Waals surface area contributed by atoms with Crippen LogP contribution in [0.2, 0.25) is 0 Å². The fourth-order valence-electron chi connectivity index (χ4n) is 3.54. The van der Waals surface area contributed by atoms with Crippen molar-refractivity contribution in [3.63, 3.8) is 0 Å². The molecule has 0 atom stereocenters. The lowest BCUT2D eigenvalue weighted by molar-refractivity contribution is 0.0245. The predicted molar refractivity (Wildman–Crippen MR) is 101 cm³/mol. The SMILES string of the molecule is CC(CN1Cc2ccccc2C1=O)=C1CCCN(C(=O)OC(C)(C)C)C1. The summed E-state index contributed by atoms with van der Waals surface area (Å²) in [4.78, 5) is 28.6. The Morgan fingerprint density at radius 3 is 2.62 bits per heavy atom. The Balaban J connectivity index is 1.66. The molecule has 140 valence electrons. The molecule has 1 aromatic carbocycles. The van der Waals surface area contributed by atoms with E-state index in [4.69, 9.17) is 4.74 Å². The van der Waals surface area contributed by atoms with Crippen molar-refractivity contribution in [3.05, 3.63) is 46.5 Å². The second-order valence-corrected chi connectivity index (χ2v) is 8.21. The summed E-state index contributed by atoms with van der Waals surface area (Å²) in [5, 5.41) is 0. The fraction of sp³-hybridized carbons (Fsp3) is 0.524. The second-order valence-electron chi connectivity index (χ2n) is 8.21. The van der Waals surface area contributed by atoms with Gasteiger partial charge in [-0.3, -0.25) is 4.79 Å². The molecule has 2 aliphatic heterocycles. The van der Waals surface area contributed by atoms with Crippen molar-refractivity contribution < 1.29 is 14.3 Å². The van der Waals surface area contributed by atoms with Crippen LogP contribution in [0.15, 0.2) is 35.4 Å². The van der Waals surface area contributed by atoms with Gasteiger partial charge in [-0.15, -0.1) is 0 Å². The van der Waals surface area contributed by atoms with Crippen LogP contribution in [-0.4, -0.2) is 47.0 Å². The van der Waals surface area contributed by atoms with Gasteiger partial charge in [0.2, 0.25) is 0 Å². The van der Waals surface area contributed by atoms with E-state index in [2.05, 4.69) is 6.92 Å². The van der Waals surface area contributed by atoms with E-state index in [9.17, 15) is 9.59 Å². The Labute approximate surface area is 155 Å². The highest BCUT2D eigenvalue weighted by atomic mass is 16.6. The smallest absolute Gasteiger partial charge is 0.410 e. The number of rotatable bonds is 2. The van der Waals surface area contributed by atoms with Gasteiger partial charge in [-0.2, -0.15) is 0 Å². The first-order chi connectivity index (χ1) is 12.2. The van der Waals surface area contributed by atoms with Gasteiger partial charge >= 0.3 is 6.09 Å². The lowest BCUT2D eigenvalue weighted by Gasteiger charge is -2.32. The zero-order chi connectivity index (χ0) is 18.9. The Hall–Kier alpha value is -2.30. The number of ether oxygens (including phenoxy) is 1. The van der Waals surface area contributed by atoms with E-state index in [-0.39, 0.29) is 12.0 Å². The first kappa shape index (κ1) is 18.5. The summed E-state index contributed by atoms with van der Waals surface area (Å²) < 4.78 is 5.50. The molecule has 2 heterocycles. The third-order valence-electron chi connectivity index (χ3n) is 4.87. The molecular formula is C21H28N2O3. The summed E-state index contributed by atoms with van der Waals surface area (Å²) in [6, 6.07) is 7.79. The number of fused-ring (bicyclic) bond motifs is 1. The Morgan fingerprint density at radius 1 is 1.19 bits per heavy atom. The molecular weight excluding hydrogens is 328 g/mol. The van der Waals surface area contributed by atoms with Gasteiger partial charge in [-0.05, 0) is 57.7 Å². The molecule has 26 heavy (non-hydrogen) atoms. The van der Waals surface area contributed by atoms with Crippen LogP contribution >= 0.6 is 0 Å². The van der Waals surface area contributed by atoms with Gasteiger partial charge in [0.15, 0.2) is 0 Å². The second kappa shape index (κ2) is 7.14. The maximum absolute atomic E-state index is 12.6. The Morgan fingerprint density at radius 2 is 1.92 bits per heavy atom. The van der Waals surface area contributed by atoms with Crippen molar-refractivity contribution in [2.45, 2.75) is 52.7 Å². The minimum atomic E-state index is -0.485. The third-order valence-corrected chi connectivity index (χ3v) is 4.87. The first-order valence-electron chi connectivity index (χ1n) is 9.27. The molecule has 2 amide bonds. The number of carbonyl (C=O) groups excluding carboxylic acids is 2. The minimum absolute atomic E-state index is 0.0976. The van der Waals surface area contributed by atoms with Crippen LogP contribution in [0.3, 0.4) is 0 Å². The fourth-order valence-corrected chi connectivity index (χ4v) is 3.54. The number of hydrogen-bond donors (Lipinski definition) is 0. The van der Waals surface area contributed by atoms with E-state index in [1.165, 1.54) is 11.1 Å². The molecule has 0 unspecified atom stereocenters. The highest BCUT2D eigenvalue weighted by molar-refractivity contribution is 5.98. The maximum Gasteiger partial charge on any atom is 0.410 e. The van der Waals surface area contributed by atoms with Crippen molar-refractivity contribution in [1.29, 1.82) is 0 Å². The first-order valence-corrected chi connectivity index (χ1v) is 9.27. The van der Waals surface area contributed by atoms with Crippen LogP contribution < -0.4 is 0 Å². The summed E-state index contributed by atoms with van der Waals surface area (Å²) in [6.45, 7) is 10.3. The number of hydrogen-bond acceptors (Lipinski definition) is 3. The average molecular weight is 356 g/mol. The minimum Gasteiger partial charge on any atom is -0.444 e. The van der Waals surface area contributed by atoms with Gasteiger partial charge in [-0.25, -0.2) is 4.79 Å². The van der Waals surface area contributed by atoms with Crippen LogP contribution in [0.4, 0.5) is 4.79 Å². The monoisotopic (exact) mass is 356 g/mol. The number of nitrogens with zero attached hydrogens (tertiary/aromatic N) is 2. The molecule has 1 aromatic rings. The van der Waals surface area contributed by atoms with Crippen molar-refractivity contribution >= 4 is 12.0 Å². The van der Waals surface area contributed by atoms with Gasteiger partial charge in [-0.1, -0.05) is 23.8 Å². The summed E-state index contributed by atoms with van der Waals surface area (Å²) in [5.74, 6) is 0.0976. The standard InChI is InChI=1S/C21H28N2O3/c1-15(12-23-14-17-8-5-6-10-18(17)19(23)24)16-9-7-11-22(13-16)20(25)26-21(2,3)4/h5-6,8,10H,7,9,11-14H2,1-4H3. The largest absolute Gasteiger partial charge is 0.444 e. The van der Waals surface area contributed by atoms with Gasteiger partial charge < -0.3 is 14.5 Å². The number of carbonyl (C=O) groups is 2. The lowest BCUT2D eigenvalue weighted by Crippen LogP contribution is -2.41. The quantitative estimate of drug-likeness (QED) is 0.753. The molecule has 5 nitrogen and oxygen atoms in total. The molecule has 0 aliphatic carbocycles. The number of amides is 2. The summed E-state index contributed by atoms with van der Waals surface area (Å²) >= 11 is 0. The zero-order valence-corrected chi connectivity index (χ0v) is 16.2. The van der Waals surface area contributed by atoms with Crippen molar-refractivity contribution in [1.82, 2.24) is 9.80 Å². The van der Waals surface area contributed by atoms with Crippen molar-refractivity contribution in [2.24, 2.45) is 0 Å². The maximum atomic E-state index is 12.6. The summed E-state index contributed by atoms with van der Waals surface area (Å²) in [7, 11) is 0. The van der Waals surface area contributed by atoms with Gasteiger partial charge in [0, 0.05) is 31.7 Å². The molecule has 0 radical (unpaired) electrons.